The standard InChI is InChI=1S/C11H11ClN4O2/c1-6(10(17)18-2)14-9-8-7(4-3-5-13-8)15-11(12)16-9/h3-6H,1-2H3,(H,14,15,16)/t6-/m0/s1. The molecule has 0 aliphatic rings. The van der Waals surface area contributed by atoms with E-state index < -0.39 is 12.0 Å². The van der Waals surface area contributed by atoms with Gasteiger partial charge in [0.1, 0.15) is 11.6 Å². The number of methoxy groups -OCH3 is 1. The maximum atomic E-state index is 11.4. The molecular formula is C11H11ClN4O2. The molecule has 2 heterocycles. The first-order chi connectivity index (χ1) is 8.61. The van der Waals surface area contributed by atoms with Crippen LogP contribution in [0.1, 0.15) is 6.92 Å². The number of rotatable bonds is 3. The molecule has 0 bridgehead atoms. The summed E-state index contributed by atoms with van der Waals surface area (Å²) in [5, 5.41) is 3.00. The Hall–Kier alpha value is -1.95. The van der Waals surface area contributed by atoms with Crippen LogP contribution in [0, 0.1) is 0 Å². The van der Waals surface area contributed by atoms with E-state index in [1.807, 2.05) is 0 Å². The van der Waals surface area contributed by atoms with Gasteiger partial charge in [0.25, 0.3) is 0 Å². The fourth-order valence-electron chi connectivity index (χ4n) is 1.48. The number of hydrogen-bond acceptors (Lipinski definition) is 6. The summed E-state index contributed by atoms with van der Waals surface area (Å²) < 4.78 is 4.63. The molecule has 0 saturated carbocycles. The third kappa shape index (κ3) is 2.48. The fourth-order valence-corrected chi connectivity index (χ4v) is 1.66. The Morgan fingerprint density at radius 2 is 2.28 bits per heavy atom. The van der Waals surface area contributed by atoms with Crippen LogP contribution in [0.3, 0.4) is 0 Å². The van der Waals surface area contributed by atoms with Gasteiger partial charge in [0, 0.05) is 6.20 Å². The van der Waals surface area contributed by atoms with Crippen LogP contribution in [0.15, 0.2) is 18.3 Å². The topological polar surface area (TPSA) is 77.0 Å². The van der Waals surface area contributed by atoms with Gasteiger partial charge in [0.05, 0.1) is 12.6 Å². The predicted molar refractivity (Wildman–Crippen MR) is 67.4 cm³/mol. The monoisotopic (exact) mass is 266 g/mol. The van der Waals surface area contributed by atoms with Gasteiger partial charge in [-0.1, -0.05) is 0 Å². The van der Waals surface area contributed by atoms with Gasteiger partial charge in [-0.2, -0.15) is 4.98 Å². The van der Waals surface area contributed by atoms with Crippen molar-refractivity contribution in [2.45, 2.75) is 13.0 Å². The second-order valence-electron chi connectivity index (χ2n) is 3.60. The van der Waals surface area contributed by atoms with Gasteiger partial charge in [-0.3, -0.25) is 4.98 Å². The molecule has 0 amide bonds. The number of esters is 1. The van der Waals surface area contributed by atoms with E-state index in [9.17, 15) is 4.79 Å². The molecular weight excluding hydrogens is 256 g/mol. The molecule has 0 spiro atoms. The zero-order valence-corrected chi connectivity index (χ0v) is 10.6. The van der Waals surface area contributed by atoms with Gasteiger partial charge in [-0.05, 0) is 30.7 Å². The van der Waals surface area contributed by atoms with Crippen molar-refractivity contribution in [3.05, 3.63) is 23.6 Å². The minimum atomic E-state index is -0.550. The highest BCUT2D eigenvalue weighted by Gasteiger charge is 2.16. The number of halogens is 1. The lowest BCUT2D eigenvalue weighted by molar-refractivity contribution is -0.141. The van der Waals surface area contributed by atoms with E-state index in [4.69, 9.17) is 11.6 Å². The molecule has 0 aliphatic carbocycles. The predicted octanol–water partition coefficient (Wildman–Crippen LogP) is 1.65. The van der Waals surface area contributed by atoms with Crippen molar-refractivity contribution in [3.8, 4) is 0 Å². The molecule has 2 aromatic rings. The largest absolute Gasteiger partial charge is 0.467 e. The summed E-state index contributed by atoms with van der Waals surface area (Å²) in [7, 11) is 1.32. The number of anilines is 1. The summed E-state index contributed by atoms with van der Waals surface area (Å²) >= 11 is 5.81. The van der Waals surface area contributed by atoms with Gasteiger partial charge < -0.3 is 10.1 Å². The van der Waals surface area contributed by atoms with Gasteiger partial charge in [-0.15, -0.1) is 0 Å². The number of hydrogen-bond donors (Lipinski definition) is 1. The van der Waals surface area contributed by atoms with Crippen LogP contribution in [0.4, 0.5) is 5.82 Å². The normalized spacial score (nSPS) is 12.2. The molecule has 0 aliphatic heterocycles. The van der Waals surface area contributed by atoms with E-state index in [-0.39, 0.29) is 5.28 Å². The summed E-state index contributed by atoms with van der Waals surface area (Å²) in [6, 6.07) is 2.97. The average molecular weight is 267 g/mol. The Morgan fingerprint density at radius 3 is 3.00 bits per heavy atom. The quantitative estimate of drug-likeness (QED) is 0.672. The van der Waals surface area contributed by atoms with Crippen molar-refractivity contribution in [2.24, 2.45) is 0 Å². The van der Waals surface area contributed by atoms with Crippen LogP contribution in [-0.4, -0.2) is 34.1 Å². The van der Waals surface area contributed by atoms with Crippen LogP contribution in [-0.2, 0) is 9.53 Å². The van der Waals surface area contributed by atoms with E-state index in [0.717, 1.165) is 0 Å². The first kappa shape index (κ1) is 12.5. The third-order valence-corrected chi connectivity index (χ3v) is 2.50. The highest BCUT2D eigenvalue weighted by molar-refractivity contribution is 6.28. The number of pyridine rings is 1. The Morgan fingerprint density at radius 1 is 1.50 bits per heavy atom. The maximum Gasteiger partial charge on any atom is 0.328 e. The molecule has 0 unspecified atom stereocenters. The number of nitrogens with one attached hydrogen (secondary N) is 1. The summed E-state index contributed by atoms with van der Waals surface area (Å²) in [5.41, 5.74) is 1.16. The van der Waals surface area contributed by atoms with Crippen molar-refractivity contribution < 1.29 is 9.53 Å². The SMILES string of the molecule is COC(=O)[C@H](C)Nc1nc(Cl)nc2cccnc12. The minimum absolute atomic E-state index is 0.0927. The van der Waals surface area contributed by atoms with Crippen molar-refractivity contribution >= 4 is 34.4 Å². The molecule has 2 aromatic heterocycles. The highest BCUT2D eigenvalue weighted by atomic mass is 35.5. The van der Waals surface area contributed by atoms with Crippen molar-refractivity contribution in [1.29, 1.82) is 0 Å². The first-order valence-corrected chi connectivity index (χ1v) is 5.62. The van der Waals surface area contributed by atoms with E-state index in [1.54, 1.807) is 25.3 Å². The zero-order chi connectivity index (χ0) is 13.1. The lowest BCUT2D eigenvalue weighted by Gasteiger charge is -2.13. The molecule has 6 nitrogen and oxygen atoms in total. The Labute approximate surface area is 108 Å². The second-order valence-corrected chi connectivity index (χ2v) is 3.94. The number of nitrogens with zero attached hydrogens (tertiary/aromatic N) is 3. The van der Waals surface area contributed by atoms with Crippen LogP contribution >= 0.6 is 11.6 Å². The Bertz CT molecular complexity index is 590. The smallest absolute Gasteiger partial charge is 0.328 e. The van der Waals surface area contributed by atoms with Gasteiger partial charge in [-0.25, -0.2) is 9.78 Å². The number of aromatic nitrogens is 3. The van der Waals surface area contributed by atoms with Crippen molar-refractivity contribution in [1.82, 2.24) is 15.0 Å². The highest BCUT2D eigenvalue weighted by Crippen LogP contribution is 2.20. The number of ether oxygens (including phenoxy) is 1. The van der Waals surface area contributed by atoms with E-state index in [0.29, 0.717) is 16.9 Å². The molecule has 7 heteroatoms. The molecule has 0 radical (unpaired) electrons. The van der Waals surface area contributed by atoms with Crippen molar-refractivity contribution in [3.63, 3.8) is 0 Å². The van der Waals surface area contributed by atoms with E-state index in [1.165, 1.54) is 7.11 Å². The summed E-state index contributed by atoms with van der Waals surface area (Å²) in [4.78, 5) is 23.6. The number of carbonyl (C=O) groups excluding carboxylic acids is 1. The third-order valence-electron chi connectivity index (χ3n) is 2.34. The summed E-state index contributed by atoms with van der Waals surface area (Å²) in [6.07, 6.45) is 1.62. The molecule has 0 aromatic carbocycles. The maximum absolute atomic E-state index is 11.4. The molecule has 0 fully saturated rings. The van der Waals surface area contributed by atoms with Gasteiger partial charge in [0.2, 0.25) is 5.28 Å². The minimum Gasteiger partial charge on any atom is -0.467 e. The summed E-state index contributed by atoms with van der Waals surface area (Å²) in [5.74, 6) is 0.0114. The van der Waals surface area contributed by atoms with E-state index >= 15 is 0 Å². The van der Waals surface area contributed by atoms with Crippen molar-refractivity contribution in [2.75, 3.05) is 12.4 Å². The Balaban J connectivity index is 2.41. The lowest BCUT2D eigenvalue weighted by Crippen LogP contribution is -2.27. The summed E-state index contributed by atoms with van der Waals surface area (Å²) in [6.45, 7) is 1.66. The van der Waals surface area contributed by atoms with Gasteiger partial charge >= 0.3 is 5.97 Å². The van der Waals surface area contributed by atoms with Gasteiger partial charge in [0.15, 0.2) is 5.82 Å². The number of carbonyl (C=O) groups is 1. The molecule has 18 heavy (non-hydrogen) atoms. The molecule has 2 rings (SSSR count). The number of fused-ring (bicyclic) bond motifs is 1. The molecule has 1 atom stereocenters. The fraction of sp³-hybridized carbons (Fsp3) is 0.273. The zero-order valence-electron chi connectivity index (χ0n) is 9.85. The molecule has 0 saturated heterocycles. The second kappa shape index (κ2) is 5.14. The Kier molecular flexibility index (Phi) is 3.57. The molecule has 94 valence electrons. The van der Waals surface area contributed by atoms with Crippen LogP contribution in [0.25, 0.3) is 11.0 Å². The first-order valence-electron chi connectivity index (χ1n) is 5.24. The lowest BCUT2D eigenvalue weighted by atomic mass is 10.3. The van der Waals surface area contributed by atoms with Crippen LogP contribution in [0.5, 0.6) is 0 Å². The molecule has 1 N–H and O–H groups in total. The van der Waals surface area contributed by atoms with Crippen LogP contribution < -0.4 is 5.32 Å². The van der Waals surface area contributed by atoms with E-state index in [2.05, 4.69) is 25.0 Å². The average Bonchev–Trinajstić information content (AvgIpc) is 2.37. The van der Waals surface area contributed by atoms with Crippen LogP contribution in [0.2, 0.25) is 5.28 Å².